The summed E-state index contributed by atoms with van der Waals surface area (Å²) < 4.78 is 16.5. The smallest absolute Gasteiger partial charge is 0.319 e. The standard InChI is InChI=1S/C33H25NO6/c1-38-21-12-7-19(8-13-21)24-17-25-27-23-6-4-3-5-18(23)9-16-26(27)40-33(37)29(25)30-28(24)31(35)34(32(30)36)20-10-14-22(39-2)15-11-20/h3-17,24,28-30H,1-2H3/t24-,28+,29-,30+/m0/s1. The number of fused-ring (bicyclic) bond motifs is 7. The minimum Gasteiger partial charge on any atom is -0.497 e. The average Bonchev–Trinajstić information content (AvgIpc) is 3.26. The summed E-state index contributed by atoms with van der Waals surface area (Å²) in [6.45, 7) is 0. The summed E-state index contributed by atoms with van der Waals surface area (Å²) in [7, 11) is 3.15. The molecule has 0 N–H and O–H groups in total. The van der Waals surface area contributed by atoms with E-state index in [0.717, 1.165) is 27.5 Å². The molecule has 7 heteroatoms. The first-order chi connectivity index (χ1) is 19.5. The molecule has 0 aromatic heterocycles. The largest absolute Gasteiger partial charge is 0.497 e. The van der Waals surface area contributed by atoms with Crippen molar-refractivity contribution in [2.45, 2.75) is 5.92 Å². The van der Waals surface area contributed by atoms with Crippen molar-refractivity contribution in [1.29, 1.82) is 0 Å². The molecular formula is C33H25NO6. The van der Waals surface area contributed by atoms with Crippen LogP contribution in [0.5, 0.6) is 17.2 Å². The summed E-state index contributed by atoms with van der Waals surface area (Å²) in [5, 5.41) is 1.93. The molecule has 0 spiro atoms. The molecule has 2 heterocycles. The Morgan fingerprint density at radius 2 is 1.38 bits per heavy atom. The lowest BCUT2D eigenvalue weighted by atomic mass is 9.64. The van der Waals surface area contributed by atoms with Crippen molar-refractivity contribution >= 4 is 39.8 Å². The first-order valence-corrected chi connectivity index (χ1v) is 13.1. The van der Waals surface area contributed by atoms with E-state index in [4.69, 9.17) is 14.2 Å². The number of benzene rings is 4. The van der Waals surface area contributed by atoms with E-state index in [9.17, 15) is 14.4 Å². The number of hydrogen-bond acceptors (Lipinski definition) is 6. The third kappa shape index (κ3) is 3.47. The van der Waals surface area contributed by atoms with E-state index in [2.05, 4.69) is 0 Å². The van der Waals surface area contributed by atoms with Gasteiger partial charge in [-0.15, -0.1) is 0 Å². The molecule has 4 atom stereocenters. The van der Waals surface area contributed by atoms with E-state index in [1.807, 2.05) is 60.7 Å². The van der Waals surface area contributed by atoms with Gasteiger partial charge in [-0.3, -0.25) is 14.4 Å². The number of hydrogen-bond donors (Lipinski definition) is 0. The Kier molecular flexibility index (Phi) is 5.49. The van der Waals surface area contributed by atoms with Gasteiger partial charge in [0.1, 0.15) is 17.2 Å². The maximum Gasteiger partial charge on any atom is 0.319 e. The van der Waals surface area contributed by atoms with E-state index in [0.29, 0.717) is 22.9 Å². The van der Waals surface area contributed by atoms with Crippen LogP contribution in [0.1, 0.15) is 17.0 Å². The van der Waals surface area contributed by atoms with Gasteiger partial charge in [0.15, 0.2) is 0 Å². The summed E-state index contributed by atoms with van der Waals surface area (Å²) in [4.78, 5) is 43.1. The number of ether oxygens (including phenoxy) is 3. The van der Waals surface area contributed by atoms with Gasteiger partial charge in [0.05, 0.1) is 37.7 Å². The Hall–Kier alpha value is -4.91. The van der Waals surface area contributed by atoms with Crippen molar-refractivity contribution < 1.29 is 28.6 Å². The highest BCUT2D eigenvalue weighted by atomic mass is 16.5. The van der Waals surface area contributed by atoms with Crippen molar-refractivity contribution in [3.63, 3.8) is 0 Å². The average molecular weight is 532 g/mol. The van der Waals surface area contributed by atoms with Crippen LogP contribution in [0.15, 0.2) is 91.0 Å². The van der Waals surface area contributed by atoms with Crippen LogP contribution in [0.4, 0.5) is 5.69 Å². The number of allylic oxidation sites excluding steroid dienone is 1. The van der Waals surface area contributed by atoms with Crippen LogP contribution < -0.4 is 19.1 Å². The Morgan fingerprint density at radius 3 is 2.08 bits per heavy atom. The van der Waals surface area contributed by atoms with Gasteiger partial charge in [0.25, 0.3) is 0 Å². The quantitative estimate of drug-likeness (QED) is 0.200. The fourth-order valence-electron chi connectivity index (χ4n) is 6.47. The lowest BCUT2D eigenvalue weighted by Crippen LogP contribution is -2.42. The number of methoxy groups -OCH3 is 2. The summed E-state index contributed by atoms with van der Waals surface area (Å²) >= 11 is 0. The molecule has 40 heavy (non-hydrogen) atoms. The van der Waals surface area contributed by atoms with Gasteiger partial charge in [-0.25, -0.2) is 4.90 Å². The lowest BCUT2D eigenvalue weighted by Gasteiger charge is -2.38. The normalized spacial score (nSPS) is 23.2. The molecule has 7 nitrogen and oxygen atoms in total. The Bertz CT molecular complexity index is 1720. The number of rotatable bonds is 4. The fraction of sp³-hybridized carbons (Fsp3) is 0.182. The third-order valence-corrected chi connectivity index (χ3v) is 8.31. The van der Waals surface area contributed by atoms with Crippen LogP contribution in [0, 0.1) is 17.8 Å². The van der Waals surface area contributed by atoms with Crippen molar-refractivity contribution in [2.24, 2.45) is 17.8 Å². The van der Waals surface area contributed by atoms with Crippen molar-refractivity contribution in [2.75, 3.05) is 19.1 Å². The van der Waals surface area contributed by atoms with Crippen LogP contribution in [-0.4, -0.2) is 32.0 Å². The van der Waals surface area contributed by atoms with Crippen molar-refractivity contribution in [3.05, 3.63) is 102 Å². The Labute approximate surface area is 230 Å². The number of esters is 1. The number of amides is 2. The van der Waals surface area contributed by atoms with Gasteiger partial charge in [-0.2, -0.15) is 0 Å². The van der Waals surface area contributed by atoms with E-state index in [-0.39, 0.29) is 5.91 Å². The molecule has 2 amide bonds. The number of carbonyl (C=O) groups excluding carboxylic acids is 3. The van der Waals surface area contributed by atoms with Crippen LogP contribution in [0.2, 0.25) is 0 Å². The lowest BCUT2D eigenvalue weighted by molar-refractivity contribution is -0.142. The molecule has 0 unspecified atom stereocenters. The second-order valence-electron chi connectivity index (χ2n) is 10.2. The maximum absolute atomic E-state index is 14.2. The van der Waals surface area contributed by atoms with E-state index >= 15 is 0 Å². The maximum atomic E-state index is 14.2. The Morgan fingerprint density at radius 1 is 0.725 bits per heavy atom. The molecular weight excluding hydrogens is 506 g/mol. The second-order valence-corrected chi connectivity index (χ2v) is 10.2. The predicted molar refractivity (Wildman–Crippen MR) is 149 cm³/mol. The number of anilines is 1. The van der Waals surface area contributed by atoms with Gasteiger partial charge in [-0.1, -0.05) is 48.5 Å². The summed E-state index contributed by atoms with van der Waals surface area (Å²) in [5.74, 6) is -2.55. The molecule has 4 aromatic rings. The number of imide groups is 1. The van der Waals surface area contributed by atoms with Gasteiger partial charge in [-0.05, 0) is 64.4 Å². The van der Waals surface area contributed by atoms with Crippen LogP contribution >= 0.6 is 0 Å². The molecule has 0 radical (unpaired) electrons. The molecule has 0 saturated carbocycles. The first-order valence-electron chi connectivity index (χ1n) is 13.1. The van der Waals surface area contributed by atoms with Crippen LogP contribution in [0.3, 0.4) is 0 Å². The topological polar surface area (TPSA) is 82.1 Å². The summed E-state index contributed by atoms with van der Waals surface area (Å²) in [5.41, 5.74) is 2.82. The molecule has 1 aliphatic carbocycles. The highest BCUT2D eigenvalue weighted by molar-refractivity contribution is 6.25. The number of nitrogens with zero attached hydrogens (tertiary/aromatic N) is 1. The van der Waals surface area contributed by atoms with Crippen LogP contribution in [-0.2, 0) is 14.4 Å². The first kappa shape index (κ1) is 24.2. The predicted octanol–water partition coefficient (Wildman–Crippen LogP) is 5.38. The van der Waals surface area contributed by atoms with E-state index in [1.165, 1.54) is 4.90 Å². The third-order valence-electron chi connectivity index (χ3n) is 8.31. The summed E-state index contributed by atoms with van der Waals surface area (Å²) in [6.07, 6.45) is 2.00. The molecule has 0 bridgehead atoms. The van der Waals surface area contributed by atoms with Crippen LogP contribution in [0.25, 0.3) is 16.3 Å². The van der Waals surface area contributed by atoms with Gasteiger partial charge >= 0.3 is 5.97 Å². The second kappa shape index (κ2) is 9.09. The molecule has 198 valence electrons. The zero-order valence-electron chi connectivity index (χ0n) is 21.9. The monoisotopic (exact) mass is 531 g/mol. The SMILES string of the molecule is COc1ccc([C@@H]2C=C3c4c(ccc5ccccc45)OC(=O)[C@@H]3[C@@H]3C(=O)N(c4ccc(OC)cc4)C(=O)[C@@H]32)cc1. The molecule has 1 saturated heterocycles. The molecule has 1 fully saturated rings. The van der Waals surface area contributed by atoms with E-state index < -0.39 is 35.5 Å². The minimum absolute atomic E-state index is 0.340. The highest BCUT2D eigenvalue weighted by Crippen LogP contribution is 2.55. The molecule has 7 rings (SSSR count). The molecule has 3 aliphatic rings. The zero-order valence-corrected chi connectivity index (χ0v) is 21.9. The van der Waals surface area contributed by atoms with Crippen molar-refractivity contribution in [1.82, 2.24) is 0 Å². The zero-order chi connectivity index (χ0) is 27.5. The van der Waals surface area contributed by atoms with Gasteiger partial charge in [0, 0.05) is 11.5 Å². The van der Waals surface area contributed by atoms with Crippen molar-refractivity contribution in [3.8, 4) is 17.2 Å². The highest BCUT2D eigenvalue weighted by Gasteiger charge is 2.60. The minimum atomic E-state index is -0.915. The van der Waals surface area contributed by atoms with Gasteiger partial charge in [0.2, 0.25) is 11.8 Å². The summed E-state index contributed by atoms with van der Waals surface area (Å²) in [6, 6.07) is 25.9. The number of carbonyl (C=O) groups is 3. The molecule has 4 aromatic carbocycles. The fourth-order valence-corrected chi connectivity index (χ4v) is 6.47. The molecule has 2 aliphatic heterocycles. The Balaban J connectivity index is 1.44. The van der Waals surface area contributed by atoms with E-state index in [1.54, 1.807) is 44.6 Å². The van der Waals surface area contributed by atoms with Gasteiger partial charge < -0.3 is 14.2 Å².